The molecule has 6 N–H and O–H groups in total. The minimum Gasteiger partial charge on any atom is -0.508 e. The predicted octanol–water partition coefficient (Wildman–Crippen LogP) is 0.355. The van der Waals surface area contributed by atoms with Crippen LogP contribution >= 0.6 is 16.5 Å². The smallest absolute Gasteiger partial charge is 0.508 e. The first-order chi connectivity index (χ1) is 7.25. The summed E-state index contributed by atoms with van der Waals surface area (Å²) in [4.78, 5) is 28.5. The number of phenols is 2. The predicted molar refractivity (Wildman–Crippen MR) is 53.9 cm³/mol. The van der Waals surface area contributed by atoms with Gasteiger partial charge in [-0.25, -0.2) is 0 Å². The summed E-state index contributed by atoms with van der Waals surface area (Å²) >= 11 is 0. The molecule has 90 valence electrons. The molecule has 0 heterocycles. The van der Waals surface area contributed by atoms with Crippen molar-refractivity contribution in [3.63, 3.8) is 0 Å². The number of hydrogen-bond acceptors (Lipinski definition) is 4. The number of hydrogen-bond donors (Lipinski definition) is 6. The van der Waals surface area contributed by atoms with E-state index in [4.69, 9.17) is 38.9 Å². The van der Waals surface area contributed by atoms with Crippen LogP contribution in [0.25, 0.3) is 0 Å². The van der Waals surface area contributed by atoms with Crippen molar-refractivity contribution in [1.29, 1.82) is 0 Å². The van der Waals surface area contributed by atoms with Crippen LogP contribution in [0.1, 0.15) is 0 Å². The van der Waals surface area contributed by atoms with Gasteiger partial charge in [-0.05, 0) is 24.3 Å². The standard InChI is InChI=1S/C6H6O2.2HO3P/c7-5-1-2-6(8)4-3-5;2*1-4(2)3/h1-4,7-8H;2*(H-,1,2,3)/p+2. The third kappa shape index (κ3) is 23.0. The molecule has 0 unspecified atom stereocenters. The van der Waals surface area contributed by atoms with E-state index in [0.29, 0.717) is 0 Å². The van der Waals surface area contributed by atoms with Crippen molar-refractivity contribution in [2.75, 3.05) is 0 Å². The van der Waals surface area contributed by atoms with Crippen molar-refractivity contribution in [2.24, 2.45) is 0 Å². The lowest BCUT2D eigenvalue weighted by molar-refractivity contribution is 0.403. The number of aromatic hydroxyl groups is 2. The number of rotatable bonds is 0. The molecule has 1 aromatic rings. The topological polar surface area (TPSA) is 156 Å². The molecule has 0 aliphatic rings. The van der Waals surface area contributed by atoms with Crippen molar-refractivity contribution in [2.45, 2.75) is 0 Å². The van der Waals surface area contributed by atoms with E-state index in [1.807, 2.05) is 0 Å². The Morgan fingerprint density at radius 2 is 0.812 bits per heavy atom. The highest BCUT2D eigenvalue weighted by molar-refractivity contribution is 7.31. The van der Waals surface area contributed by atoms with Gasteiger partial charge in [0.15, 0.2) is 0 Å². The monoisotopic (exact) mass is 272 g/mol. The minimum atomic E-state index is -2.87. The van der Waals surface area contributed by atoms with E-state index in [2.05, 4.69) is 0 Å². The summed E-state index contributed by atoms with van der Waals surface area (Å²) in [5, 5.41) is 17.3. The Bertz CT molecular complexity index is 283. The molecule has 0 aliphatic heterocycles. The maximum Gasteiger partial charge on any atom is 0.692 e. The molecular formula is C6H10O8P2+2. The molecule has 0 saturated carbocycles. The van der Waals surface area contributed by atoms with Crippen LogP contribution < -0.4 is 0 Å². The second-order valence-electron chi connectivity index (χ2n) is 2.02. The normalized spacial score (nSPS) is 7.75. The number of phenolic OH excluding ortho intramolecular Hbond substituents is 2. The first-order valence-electron chi connectivity index (χ1n) is 3.43. The molecule has 0 aromatic heterocycles. The molecule has 0 saturated heterocycles. The average molecular weight is 272 g/mol. The maximum absolute atomic E-state index is 8.70. The summed E-state index contributed by atoms with van der Waals surface area (Å²) in [5.41, 5.74) is 0. The van der Waals surface area contributed by atoms with Gasteiger partial charge in [-0.15, -0.1) is 19.6 Å². The van der Waals surface area contributed by atoms with Crippen LogP contribution in [0, 0.1) is 0 Å². The fourth-order valence-corrected chi connectivity index (χ4v) is 0.453. The zero-order chi connectivity index (χ0) is 13.1. The van der Waals surface area contributed by atoms with Gasteiger partial charge < -0.3 is 10.2 Å². The molecule has 16 heavy (non-hydrogen) atoms. The molecule has 0 radical (unpaired) electrons. The highest BCUT2D eigenvalue weighted by atomic mass is 31.1. The molecule has 0 amide bonds. The molecule has 0 aliphatic carbocycles. The Hall–Kier alpha value is -1.14. The quantitative estimate of drug-likeness (QED) is 0.292. The largest absolute Gasteiger partial charge is 0.692 e. The Morgan fingerprint density at radius 1 is 0.688 bits per heavy atom. The van der Waals surface area contributed by atoms with Gasteiger partial charge in [0, 0.05) is 9.13 Å². The SMILES string of the molecule is O=[P+](O)O.O=[P+](O)O.Oc1ccc(O)cc1. The van der Waals surface area contributed by atoms with Crippen molar-refractivity contribution >= 4 is 16.5 Å². The summed E-state index contributed by atoms with van der Waals surface area (Å²) in [6, 6.07) is 5.70. The Balaban J connectivity index is 0. The van der Waals surface area contributed by atoms with Crippen LogP contribution in [-0.2, 0) is 9.13 Å². The van der Waals surface area contributed by atoms with Crippen LogP contribution in [0.15, 0.2) is 24.3 Å². The van der Waals surface area contributed by atoms with Gasteiger partial charge in [-0.3, -0.25) is 0 Å². The third-order valence-electron chi connectivity index (χ3n) is 0.850. The highest BCUT2D eigenvalue weighted by Gasteiger charge is 1.93. The third-order valence-corrected chi connectivity index (χ3v) is 0.850. The first kappa shape index (κ1) is 17.3. The van der Waals surface area contributed by atoms with E-state index in [1.54, 1.807) is 0 Å². The van der Waals surface area contributed by atoms with E-state index < -0.39 is 16.5 Å². The van der Waals surface area contributed by atoms with Crippen LogP contribution in [0.4, 0.5) is 0 Å². The van der Waals surface area contributed by atoms with E-state index in [9.17, 15) is 0 Å². The summed E-state index contributed by atoms with van der Waals surface area (Å²) in [6.45, 7) is 0. The summed E-state index contributed by atoms with van der Waals surface area (Å²) in [6.07, 6.45) is 0. The Kier molecular flexibility index (Phi) is 11.2. The molecule has 0 fully saturated rings. The molecule has 1 rings (SSSR count). The van der Waals surface area contributed by atoms with Gasteiger partial charge in [0.2, 0.25) is 0 Å². The summed E-state index contributed by atoms with van der Waals surface area (Å²) in [7, 11) is -5.74. The van der Waals surface area contributed by atoms with Gasteiger partial charge >= 0.3 is 16.5 Å². The lowest BCUT2D eigenvalue weighted by Gasteiger charge is -1.88. The van der Waals surface area contributed by atoms with E-state index in [0.717, 1.165) is 0 Å². The van der Waals surface area contributed by atoms with Crippen LogP contribution in [0.3, 0.4) is 0 Å². The van der Waals surface area contributed by atoms with Crippen molar-refractivity contribution < 1.29 is 38.9 Å². The zero-order valence-corrected chi connectivity index (χ0v) is 9.49. The number of benzene rings is 1. The summed E-state index contributed by atoms with van der Waals surface area (Å²) in [5.74, 6) is 0.339. The Morgan fingerprint density at radius 3 is 0.938 bits per heavy atom. The molecular weight excluding hydrogens is 262 g/mol. The zero-order valence-electron chi connectivity index (χ0n) is 7.70. The fourth-order valence-electron chi connectivity index (χ4n) is 0.453. The van der Waals surface area contributed by atoms with Crippen molar-refractivity contribution in [3.05, 3.63) is 24.3 Å². The highest BCUT2D eigenvalue weighted by Crippen LogP contribution is 2.13. The van der Waals surface area contributed by atoms with Gasteiger partial charge in [0.1, 0.15) is 11.5 Å². The van der Waals surface area contributed by atoms with E-state index >= 15 is 0 Å². The maximum atomic E-state index is 8.70. The van der Waals surface area contributed by atoms with Crippen LogP contribution in [0.2, 0.25) is 0 Å². The van der Waals surface area contributed by atoms with Crippen molar-refractivity contribution in [1.82, 2.24) is 0 Å². The molecule has 0 bridgehead atoms. The first-order valence-corrected chi connectivity index (χ1v) is 5.76. The average Bonchev–Trinajstić information content (AvgIpc) is 2.08. The second kappa shape index (κ2) is 10.4. The van der Waals surface area contributed by atoms with Gasteiger partial charge in [-0.2, -0.15) is 0 Å². The van der Waals surface area contributed by atoms with Gasteiger partial charge in [0.25, 0.3) is 0 Å². The Labute approximate surface area is 92.0 Å². The minimum absolute atomic E-state index is 0.169. The van der Waals surface area contributed by atoms with E-state index in [1.165, 1.54) is 24.3 Å². The van der Waals surface area contributed by atoms with E-state index in [-0.39, 0.29) is 11.5 Å². The molecule has 8 nitrogen and oxygen atoms in total. The molecule has 0 atom stereocenters. The molecule has 10 heteroatoms. The van der Waals surface area contributed by atoms with Crippen LogP contribution in [-0.4, -0.2) is 29.8 Å². The fraction of sp³-hybridized carbons (Fsp3) is 0. The lowest BCUT2D eigenvalue weighted by atomic mass is 10.3. The summed E-state index contributed by atoms with van der Waals surface area (Å²) < 4.78 is 17.4. The van der Waals surface area contributed by atoms with Gasteiger partial charge in [-0.1, -0.05) is 0 Å². The van der Waals surface area contributed by atoms with Crippen molar-refractivity contribution in [3.8, 4) is 11.5 Å². The van der Waals surface area contributed by atoms with Gasteiger partial charge in [0.05, 0.1) is 0 Å². The van der Waals surface area contributed by atoms with Crippen LogP contribution in [0.5, 0.6) is 11.5 Å². The molecule has 1 aromatic carbocycles. The second-order valence-corrected chi connectivity index (χ2v) is 3.03. The lowest BCUT2D eigenvalue weighted by Crippen LogP contribution is -1.61. The molecule has 0 spiro atoms.